The predicted octanol–water partition coefficient (Wildman–Crippen LogP) is 8.27. The predicted molar refractivity (Wildman–Crippen MR) is 153 cm³/mol. The van der Waals surface area contributed by atoms with Gasteiger partial charge in [0.05, 0.1) is 11.4 Å². The van der Waals surface area contributed by atoms with Gasteiger partial charge < -0.3 is 0 Å². The molecule has 0 radical (unpaired) electrons. The van der Waals surface area contributed by atoms with Crippen LogP contribution in [-0.2, 0) is 0 Å². The largest absolute Gasteiger partial charge is 0.294 e. The minimum absolute atomic E-state index is 0.891. The molecular formula is C30H32N3P. The molecule has 0 saturated carbocycles. The van der Waals surface area contributed by atoms with Crippen LogP contribution in [-0.4, -0.2) is 16.5 Å². The lowest BCUT2D eigenvalue weighted by molar-refractivity contribution is 1.16. The first-order chi connectivity index (χ1) is 16.7. The number of nitrogens with zero attached hydrogens (tertiary/aromatic N) is 3. The van der Waals surface area contributed by atoms with E-state index in [1.54, 1.807) is 0 Å². The van der Waals surface area contributed by atoms with E-state index in [0.717, 1.165) is 47.9 Å². The van der Waals surface area contributed by atoms with Crippen LogP contribution < -0.4 is 10.2 Å². The van der Waals surface area contributed by atoms with Crippen LogP contribution in [0.3, 0.4) is 0 Å². The molecule has 1 aliphatic heterocycles. The zero-order valence-corrected chi connectivity index (χ0v) is 21.5. The fraction of sp³-hybridized carbons (Fsp3) is 0.167. The second kappa shape index (κ2) is 12.6. The van der Waals surface area contributed by atoms with Gasteiger partial charge >= 0.3 is 0 Å². The summed E-state index contributed by atoms with van der Waals surface area (Å²) in [7, 11) is 1.09. The summed E-state index contributed by atoms with van der Waals surface area (Å²) < 4.78 is 0. The van der Waals surface area contributed by atoms with Crippen molar-refractivity contribution in [2.24, 2.45) is 4.99 Å². The third-order valence-corrected chi connectivity index (χ3v) is 6.24. The first kappa shape index (κ1) is 25.1. The summed E-state index contributed by atoms with van der Waals surface area (Å²) >= 11 is 0. The molecule has 0 spiro atoms. The molecule has 0 amide bonds. The molecular weight excluding hydrogens is 433 g/mol. The van der Waals surface area contributed by atoms with Gasteiger partial charge in [-0.15, -0.1) is 0 Å². The van der Waals surface area contributed by atoms with Crippen LogP contribution in [0.5, 0.6) is 0 Å². The van der Waals surface area contributed by atoms with Gasteiger partial charge in [0.2, 0.25) is 0 Å². The van der Waals surface area contributed by atoms with Gasteiger partial charge in [-0.3, -0.25) is 9.89 Å². The molecule has 4 heteroatoms. The molecule has 0 N–H and O–H groups in total. The second-order valence-corrected chi connectivity index (χ2v) is 8.44. The van der Waals surface area contributed by atoms with Crippen molar-refractivity contribution in [1.82, 2.24) is 4.98 Å². The molecule has 0 unspecified atom stereocenters. The van der Waals surface area contributed by atoms with Gasteiger partial charge in [-0.25, -0.2) is 4.98 Å². The number of aromatic nitrogens is 1. The van der Waals surface area contributed by atoms with Crippen molar-refractivity contribution in [3.05, 3.63) is 108 Å². The van der Waals surface area contributed by atoms with Gasteiger partial charge in [0, 0.05) is 28.5 Å². The molecule has 172 valence electrons. The molecule has 3 aromatic rings. The summed E-state index contributed by atoms with van der Waals surface area (Å²) in [6.45, 7) is 10.1. The zero-order valence-electron chi connectivity index (χ0n) is 20.6. The van der Waals surface area contributed by atoms with Crippen LogP contribution in [0, 0.1) is 0 Å². The summed E-state index contributed by atoms with van der Waals surface area (Å²) in [4.78, 5) is 11.9. The number of rotatable bonds is 3. The molecule has 2 aromatic carbocycles. The number of hydrogen-bond donors (Lipinski definition) is 0. The second-order valence-electron chi connectivity index (χ2n) is 7.43. The van der Waals surface area contributed by atoms with Crippen LogP contribution in [0.25, 0.3) is 5.57 Å². The van der Waals surface area contributed by atoms with Crippen molar-refractivity contribution >= 4 is 47.8 Å². The van der Waals surface area contributed by atoms with Gasteiger partial charge in [-0.05, 0) is 62.5 Å². The Hall–Kier alpha value is -3.55. The van der Waals surface area contributed by atoms with Crippen molar-refractivity contribution in [3.8, 4) is 0 Å². The lowest BCUT2D eigenvalue weighted by Gasteiger charge is -2.27. The smallest absolute Gasteiger partial charge is 0.138 e. The summed E-state index contributed by atoms with van der Waals surface area (Å²) in [5.74, 6) is 3.07. The molecule has 0 atom stereocenters. The quantitative estimate of drug-likeness (QED) is 0.288. The number of fused-ring (bicyclic) bond motifs is 3. The van der Waals surface area contributed by atoms with E-state index >= 15 is 0 Å². The lowest BCUT2D eigenvalue weighted by atomic mass is 10.1. The number of hydrogen-bond acceptors (Lipinski definition) is 3. The summed E-state index contributed by atoms with van der Waals surface area (Å²) in [6.07, 6.45) is 10.1. The minimum Gasteiger partial charge on any atom is -0.294 e. The standard InChI is InChI=1S/C28H26N3P.C2H6/c1-4-19-29-22(3)24-15-10-17-26-28(24)32-20-9-8-12-21(2)25-16-11-18-27(30-25)31(26)23-13-6-5-7-14-23;1-2/h4-20H,1-3H3;1-2H3/b9-8-,19-4-,21-12+,29-22?;. The maximum atomic E-state index is 5.04. The van der Waals surface area contributed by atoms with Crippen molar-refractivity contribution in [2.45, 2.75) is 34.6 Å². The van der Waals surface area contributed by atoms with E-state index in [1.807, 2.05) is 39.1 Å². The van der Waals surface area contributed by atoms with Crippen molar-refractivity contribution in [1.29, 1.82) is 0 Å². The normalized spacial score (nSPS) is 16.3. The fourth-order valence-corrected chi connectivity index (χ4v) is 4.60. The van der Waals surface area contributed by atoms with E-state index < -0.39 is 0 Å². The SMILES string of the molecule is C/C=C\N=C(C)c1cccc2c1P=C/C=C\C=C(/C)c1cccc(n1)N2c1ccccc1.CC. The highest BCUT2D eigenvalue weighted by Gasteiger charge is 2.19. The van der Waals surface area contributed by atoms with Gasteiger partial charge in [0.25, 0.3) is 0 Å². The Kier molecular flexibility index (Phi) is 9.31. The number of para-hydroxylation sites is 1. The van der Waals surface area contributed by atoms with E-state index in [0.29, 0.717) is 0 Å². The molecule has 3 nitrogen and oxygen atoms in total. The molecule has 0 saturated heterocycles. The van der Waals surface area contributed by atoms with E-state index in [4.69, 9.17) is 4.98 Å². The van der Waals surface area contributed by atoms with Gasteiger partial charge in [0.15, 0.2) is 0 Å². The van der Waals surface area contributed by atoms with Gasteiger partial charge in [-0.1, -0.05) is 82.8 Å². The van der Waals surface area contributed by atoms with E-state index in [1.165, 1.54) is 5.30 Å². The Bertz CT molecular complexity index is 1250. The number of aliphatic imine (C=N–C) groups is 1. The van der Waals surface area contributed by atoms with E-state index in [9.17, 15) is 0 Å². The van der Waals surface area contributed by atoms with Gasteiger partial charge in [-0.2, -0.15) is 0 Å². The number of allylic oxidation sites excluding steroid dienone is 5. The summed E-state index contributed by atoms with van der Waals surface area (Å²) in [5, 5.41) is 1.19. The highest BCUT2D eigenvalue weighted by molar-refractivity contribution is 7.48. The van der Waals surface area contributed by atoms with Crippen molar-refractivity contribution in [2.75, 3.05) is 4.90 Å². The maximum Gasteiger partial charge on any atom is 0.138 e. The first-order valence-corrected chi connectivity index (χ1v) is 12.6. The maximum absolute atomic E-state index is 5.04. The Morgan fingerprint density at radius 2 is 1.71 bits per heavy atom. The Morgan fingerprint density at radius 3 is 2.47 bits per heavy atom. The number of benzene rings is 2. The topological polar surface area (TPSA) is 28.5 Å². The Labute approximate surface area is 205 Å². The fourth-order valence-electron chi connectivity index (χ4n) is 3.59. The molecule has 2 heterocycles. The molecule has 0 fully saturated rings. The molecule has 2 bridgehead atoms. The molecule has 1 aromatic heterocycles. The van der Waals surface area contributed by atoms with Crippen molar-refractivity contribution < 1.29 is 0 Å². The highest BCUT2D eigenvalue weighted by atomic mass is 31.1. The molecule has 1 aliphatic rings. The minimum atomic E-state index is 0.891. The van der Waals surface area contributed by atoms with Crippen LogP contribution in [0.2, 0.25) is 0 Å². The van der Waals surface area contributed by atoms with Crippen LogP contribution in [0.4, 0.5) is 17.2 Å². The molecule has 0 aliphatic carbocycles. The van der Waals surface area contributed by atoms with Crippen LogP contribution >= 0.6 is 8.20 Å². The first-order valence-electron chi connectivity index (χ1n) is 11.7. The molecule has 4 rings (SSSR count). The average Bonchev–Trinajstić information content (AvgIpc) is 2.89. The van der Waals surface area contributed by atoms with Gasteiger partial charge in [0.1, 0.15) is 5.82 Å². The van der Waals surface area contributed by atoms with E-state index in [-0.39, 0.29) is 0 Å². The monoisotopic (exact) mass is 465 g/mol. The molecule has 34 heavy (non-hydrogen) atoms. The number of pyridine rings is 1. The van der Waals surface area contributed by atoms with Crippen molar-refractivity contribution in [3.63, 3.8) is 0 Å². The summed E-state index contributed by atoms with van der Waals surface area (Å²) in [6, 6.07) is 23.0. The van der Waals surface area contributed by atoms with E-state index in [2.05, 4.69) is 108 Å². The third-order valence-electron chi connectivity index (χ3n) is 5.19. The average molecular weight is 466 g/mol. The third kappa shape index (κ3) is 5.87. The lowest BCUT2D eigenvalue weighted by Crippen LogP contribution is -2.21. The highest BCUT2D eigenvalue weighted by Crippen LogP contribution is 2.35. The Balaban J connectivity index is 0.00000158. The van der Waals surface area contributed by atoms with Crippen LogP contribution in [0.15, 0.2) is 102 Å². The summed E-state index contributed by atoms with van der Waals surface area (Å²) in [5.41, 5.74) is 6.39. The number of anilines is 3. The van der Waals surface area contributed by atoms with Crippen LogP contribution in [0.1, 0.15) is 45.9 Å². The zero-order chi connectivity index (χ0) is 24.3. The Morgan fingerprint density at radius 1 is 0.941 bits per heavy atom.